The lowest BCUT2D eigenvalue weighted by Crippen LogP contribution is -2.08. The average Bonchev–Trinajstić information content (AvgIpc) is 2.98. The third-order valence-corrected chi connectivity index (χ3v) is 2.98. The number of halogens is 4. The predicted molar refractivity (Wildman–Crippen MR) is 57.5 cm³/mol. The Hall–Kier alpha value is -1.93. The van der Waals surface area contributed by atoms with E-state index in [1.807, 2.05) is 0 Å². The van der Waals surface area contributed by atoms with E-state index in [9.17, 15) is 17.6 Å². The molecule has 108 valence electrons. The van der Waals surface area contributed by atoms with Gasteiger partial charge >= 0.3 is 0 Å². The van der Waals surface area contributed by atoms with E-state index < -0.39 is 24.2 Å². The van der Waals surface area contributed by atoms with Gasteiger partial charge in [-0.05, 0) is 18.9 Å². The summed E-state index contributed by atoms with van der Waals surface area (Å²) in [6, 6.07) is 0.692. The molecule has 0 atom stereocenters. The van der Waals surface area contributed by atoms with Gasteiger partial charge in [0.15, 0.2) is 5.82 Å². The Morgan fingerprint density at radius 3 is 2.60 bits per heavy atom. The smallest absolute Gasteiger partial charge is 0.282 e. The fourth-order valence-electron chi connectivity index (χ4n) is 1.82. The lowest BCUT2D eigenvalue weighted by molar-refractivity contribution is 0.139. The highest BCUT2D eigenvalue weighted by molar-refractivity contribution is 5.13. The summed E-state index contributed by atoms with van der Waals surface area (Å²) in [5, 5.41) is 7.11. The molecule has 2 aromatic heterocycles. The molecule has 0 spiro atoms. The van der Waals surface area contributed by atoms with E-state index in [0.717, 1.165) is 17.5 Å². The second-order valence-corrected chi connectivity index (χ2v) is 4.58. The summed E-state index contributed by atoms with van der Waals surface area (Å²) in [5.41, 5.74) is -1.27. The molecule has 1 fully saturated rings. The first-order chi connectivity index (χ1) is 9.54. The molecular weight excluding hydrogens is 280 g/mol. The summed E-state index contributed by atoms with van der Waals surface area (Å²) < 4.78 is 56.3. The Bertz CT molecular complexity index is 605. The van der Waals surface area contributed by atoms with Gasteiger partial charge < -0.3 is 4.52 Å². The van der Waals surface area contributed by atoms with Crippen LogP contribution in [0.1, 0.15) is 54.7 Å². The van der Waals surface area contributed by atoms with Crippen LogP contribution in [0.4, 0.5) is 17.6 Å². The van der Waals surface area contributed by atoms with Gasteiger partial charge in [0.2, 0.25) is 5.89 Å². The van der Waals surface area contributed by atoms with Crippen molar-refractivity contribution in [3.63, 3.8) is 0 Å². The van der Waals surface area contributed by atoms with Crippen LogP contribution in [0.2, 0.25) is 0 Å². The van der Waals surface area contributed by atoms with Crippen LogP contribution in [-0.2, 0) is 6.54 Å². The first kappa shape index (κ1) is 13.1. The van der Waals surface area contributed by atoms with E-state index >= 15 is 0 Å². The van der Waals surface area contributed by atoms with E-state index in [0.29, 0.717) is 12.0 Å². The van der Waals surface area contributed by atoms with Gasteiger partial charge in [-0.25, -0.2) is 17.6 Å². The van der Waals surface area contributed by atoms with Crippen molar-refractivity contribution in [1.82, 2.24) is 19.9 Å². The third-order valence-electron chi connectivity index (χ3n) is 2.98. The molecule has 0 radical (unpaired) electrons. The zero-order chi connectivity index (χ0) is 14.3. The van der Waals surface area contributed by atoms with Crippen LogP contribution in [0.25, 0.3) is 0 Å². The van der Waals surface area contributed by atoms with Gasteiger partial charge in [0, 0.05) is 5.92 Å². The van der Waals surface area contributed by atoms with Crippen LogP contribution in [0.15, 0.2) is 10.6 Å². The molecule has 0 amide bonds. The predicted octanol–water partition coefficient (Wildman–Crippen LogP) is 3.07. The van der Waals surface area contributed by atoms with Crippen molar-refractivity contribution in [3.05, 3.63) is 29.2 Å². The minimum Gasteiger partial charge on any atom is -0.339 e. The quantitative estimate of drug-likeness (QED) is 0.794. The van der Waals surface area contributed by atoms with Crippen LogP contribution in [0.3, 0.4) is 0 Å². The number of hydrogen-bond donors (Lipinski definition) is 0. The van der Waals surface area contributed by atoms with Crippen LogP contribution >= 0.6 is 0 Å². The van der Waals surface area contributed by atoms with Crippen molar-refractivity contribution in [2.75, 3.05) is 0 Å². The van der Waals surface area contributed by atoms with Crippen LogP contribution in [0.5, 0.6) is 0 Å². The summed E-state index contributed by atoms with van der Waals surface area (Å²) in [7, 11) is 0. The molecule has 0 saturated heterocycles. The second kappa shape index (κ2) is 4.88. The lowest BCUT2D eigenvalue weighted by Gasteiger charge is -2.02. The van der Waals surface area contributed by atoms with Crippen LogP contribution in [0, 0.1) is 0 Å². The van der Waals surface area contributed by atoms with Crippen molar-refractivity contribution in [3.8, 4) is 0 Å². The van der Waals surface area contributed by atoms with E-state index in [2.05, 4.69) is 15.2 Å². The van der Waals surface area contributed by atoms with Crippen molar-refractivity contribution in [1.29, 1.82) is 0 Å². The second-order valence-electron chi connectivity index (χ2n) is 4.58. The molecular formula is C11H10F4N4O. The minimum absolute atomic E-state index is 0.151. The normalized spacial score (nSPS) is 15.5. The molecule has 9 heteroatoms. The zero-order valence-corrected chi connectivity index (χ0v) is 10.1. The van der Waals surface area contributed by atoms with E-state index in [1.165, 1.54) is 0 Å². The highest BCUT2D eigenvalue weighted by atomic mass is 19.3. The number of nitrogens with zero attached hydrogens (tertiary/aromatic N) is 4. The molecule has 2 heterocycles. The van der Waals surface area contributed by atoms with Crippen molar-refractivity contribution in [2.24, 2.45) is 0 Å². The van der Waals surface area contributed by atoms with Crippen LogP contribution < -0.4 is 0 Å². The average molecular weight is 290 g/mol. The van der Waals surface area contributed by atoms with Gasteiger partial charge in [-0.2, -0.15) is 10.1 Å². The van der Waals surface area contributed by atoms with Crippen molar-refractivity contribution >= 4 is 0 Å². The topological polar surface area (TPSA) is 56.7 Å². The molecule has 2 aromatic rings. The van der Waals surface area contributed by atoms with Gasteiger partial charge in [-0.1, -0.05) is 5.16 Å². The summed E-state index contributed by atoms with van der Waals surface area (Å²) in [5.74, 6) is 0.845. The number of hydrogen-bond acceptors (Lipinski definition) is 4. The standard InChI is InChI=1S/C11H10F4N4O/c12-9(13)6-3-7(10(14)15)19(17-6)4-8-16-11(20-18-8)5-1-2-5/h3,5,9-10H,1-2,4H2. The maximum atomic E-state index is 12.8. The number of rotatable bonds is 5. The molecule has 0 aromatic carbocycles. The molecule has 1 aliphatic rings. The lowest BCUT2D eigenvalue weighted by atomic mass is 10.3. The Labute approximate surface area is 110 Å². The highest BCUT2D eigenvalue weighted by Crippen LogP contribution is 2.38. The van der Waals surface area contributed by atoms with E-state index in [4.69, 9.17) is 4.52 Å². The first-order valence-electron chi connectivity index (χ1n) is 6.01. The highest BCUT2D eigenvalue weighted by Gasteiger charge is 2.30. The summed E-state index contributed by atoms with van der Waals surface area (Å²) >= 11 is 0. The van der Waals surface area contributed by atoms with Crippen LogP contribution in [-0.4, -0.2) is 19.9 Å². The molecule has 1 saturated carbocycles. The largest absolute Gasteiger partial charge is 0.339 e. The molecule has 0 aliphatic heterocycles. The maximum Gasteiger partial charge on any atom is 0.282 e. The molecule has 0 unspecified atom stereocenters. The fourth-order valence-corrected chi connectivity index (χ4v) is 1.82. The molecule has 0 bridgehead atoms. The van der Waals surface area contributed by atoms with Crippen molar-refractivity contribution in [2.45, 2.75) is 38.2 Å². The van der Waals surface area contributed by atoms with E-state index in [-0.39, 0.29) is 18.3 Å². The fraction of sp³-hybridized carbons (Fsp3) is 0.545. The third kappa shape index (κ3) is 2.52. The van der Waals surface area contributed by atoms with Gasteiger partial charge in [0.05, 0.1) is 0 Å². The van der Waals surface area contributed by atoms with Gasteiger partial charge in [0.25, 0.3) is 12.9 Å². The van der Waals surface area contributed by atoms with Crippen molar-refractivity contribution < 1.29 is 22.1 Å². The van der Waals surface area contributed by atoms with Gasteiger partial charge in [-0.3, -0.25) is 4.68 Å². The summed E-state index contributed by atoms with van der Waals surface area (Å²) in [4.78, 5) is 4.05. The monoisotopic (exact) mass is 290 g/mol. The summed E-state index contributed by atoms with van der Waals surface area (Å²) in [6.45, 7) is -0.220. The van der Waals surface area contributed by atoms with Gasteiger partial charge in [-0.15, -0.1) is 0 Å². The Balaban J connectivity index is 1.84. The zero-order valence-electron chi connectivity index (χ0n) is 10.1. The van der Waals surface area contributed by atoms with E-state index in [1.54, 1.807) is 0 Å². The maximum absolute atomic E-state index is 12.8. The van der Waals surface area contributed by atoms with Gasteiger partial charge in [0.1, 0.15) is 17.9 Å². The molecule has 20 heavy (non-hydrogen) atoms. The Kier molecular flexibility index (Phi) is 3.19. The molecule has 3 rings (SSSR count). The molecule has 0 N–H and O–H groups in total. The first-order valence-corrected chi connectivity index (χ1v) is 6.01. The molecule has 1 aliphatic carbocycles. The Morgan fingerprint density at radius 2 is 2.00 bits per heavy atom. The number of alkyl halides is 4. The number of aromatic nitrogens is 4. The Morgan fingerprint density at radius 1 is 1.25 bits per heavy atom. The molecule has 5 nitrogen and oxygen atoms in total. The SMILES string of the molecule is FC(F)c1cc(C(F)F)n(Cc2noc(C3CC3)n2)n1. The minimum atomic E-state index is -2.90. The summed E-state index contributed by atoms with van der Waals surface area (Å²) in [6.07, 6.45) is -3.88.